The molecule has 0 atom stereocenters. The molecular weight excluding hydrogens is 112 g/mol. The number of nitrogens with two attached hydrogens (primary N) is 1. The lowest BCUT2D eigenvalue weighted by molar-refractivity contribution is 1.36. The van der Waals surface area contributed by atoms with E-state index in [1.54, 1.807) is 6.20 Å². The van der Waals surface area contributed by atoms with E-state index in [1.807, 2.05) is 13.0 Å². The average molecular weight is 122 g/mol. The Labute approximate surface area is 54.8 Å². The van der Waals surface area contributed by atoms with Crippen LogP contribution in [-0.2, 0) is 0 Å². The van der Waals surface area contributed by atoms with Crippen LogP contribution >= 0.6 is 0 Å². The standard InChI is InChI=1S/C7H10N2/c1-6-4-2-3-5-9-7(6)8/h3-5H,2H2,1H3,(H2,8,9). The van der Waals surface area contributed by atoms with Gasteiger partial charge in [-0.05, 0) is 18.9 Å². The third kappa shape index (κ3) is 1.42. The SMILES string of the molecule is CC1=CCC=CN=C1N. The van der Waals surface area contributed by atoms with Crippen molar-refractivity contribution in [2.45, 2.75) is 13.3 Å². The highest BCUT2D eigenvalue weighted by atomic mass is 14.8. The summed E-state index contributed by atoms with van der Waals surface area (Å²) in [7, 11) is 0. The first-order chi connectivity index (χ1) is 4.30. The van der Waals surface area contributed by atoms with Crippen LogP contribution in [0.4, 0.5) is 0 Å². The molecule has 1 aliphatic heterocycles. The van der Waals surface area contributed by atoms with Gasteiger partial charge in [0.2, 0.25) is 0 Å². The maximum Gasteiger partial charge on any atom is 0.125 e. The zero-order valence-corrected chi connectivity index (χ0v) is 5.46. The van der Waals surface area contributed by atoms with Crippen molar-refractivity contribution in [2.24, 2.45) is 10.7 Å². The Morgan fingerprint density at radius 1 is 1.67 bits per heavy atom. The van der Waals surface area contributed by atoms with Crippen molar-refractivity contribution in [1.29, 1.82) is 0 Å². The van der Waals surface area contributed by atoms with E-state index in [4.69, 9.17) is 5.73 Å². The predicted octanol–water partition coefficient (Wildman–Crippen LogP) is 1.21. The number of aliphatic imine (C=N–C) groups is 1. The van der Waals surface area contributed by atoms with E-state index in [9.17, 15) is 0 Å². The van der Waals surface area contributed by atoms with Gasteiger partial charge in [0.15, 0.2) is 0 Å². The maximum absolute atomic E-state index is 5.51. The second-order valence-corrected chi connectivity index (χ2v) is 2.02. The average Bonchev–Trinajstić information content (AvgIpc) is 1.99. The van der Waals surface area contributed by atoms with E-state index >= 15 is 0 Å². The summed E-state index contributed by atoms with van der Waals surface area (Å²) in [5.41, 5.74) is 6.58. The lowest BCUT2D eigenvalue weighted by Gasteiger charge is -1.93. The lowest BCUT2D eigenvalue weighted by atomic mass is 10.2. The number of hydrogen-bond donors (Lipinski definition) is 1. The minimum atomic E-state index is 0.628. The third-order valence-corrected chi connectivity index (χ3v) is 1.28. The van der Waals surface area contributed by atoms with Crippen molar-refractivity contribution in [3.8, 4) is 0 Å². The van der Waals surface area contributed by atoms with Crippen LogP contribution in [0.1, 0.15) is 13.3 Å². The zero-order chi connectivity index (χ0) is 6.69. The van der Waals surface area contributed by atoms with E-state index < -0.39 is 0 Å². The van der Waals surface area contributed by atoms with Crippen LogP contribution in [0.5, 0.6) is 0 Å². The number of amidine groups is 1. The van der Waals surface area contributed by atoms with Crippen LogP contribution in [-0.4, -0.2) is 5.84 Å². The minimum absolute atomic E-state index is 0.628. The Bertz CT molecular complexity index is 187. The summed E-state index contributed by atoms with van der Waals surface area (Å²) in [5.74, 6) is 0.628. The van der Waals surface area contributed by atoms with E-state index in [-0.39, 0.29) is 0 Å². The molecule has 0 amide bonds. The maximum atomic E-state index is 5.51. The van der Waals surface area contributed by atoms with Crippen molar-refractivity contribution in [3.05, 3.63) is 23.9 Å². The van der Waals surface area contributed by atoms with Gasteiger partial charge in [-0.15, -0.1) is 0 Å². The Kier molecular flexibility index (Phi) is 1.68. The molecule has 0 aliphatic carbocycles. The van der Waals surface area contributed by atoms with Crippen molar-refractivity contribution >= 4 is 5.84 Å². The lowest BCUT2D eigenvalue weighted by Crippen LogP contribution is -2.11. The molecule has 1 aliphatic rings. The summed E-state index contributed by atoms with van der Waals surface area (Å²) in [5, 5.41) is 0. The molecule has 2 heteroatoms. The largest absolute Gasteiger partial charge is 0.383 e. The van der Waals surface area contributed by atoms with E-state index in [1.165, 1.54) is 0 Å². The van der Waals surface area contributed by atoms with E-state index in [0.29, 0.717) is 5.84 Å². The second-order valence-electron chi connectivity index (χ2n) is 2.02. The second kappa shape index (κ2) is 2.49. The summed E-state index contributed by atoms with van der Waals surface area (Å²) < 4.78 is 0. The Hall–Kier alpha value is -1.05. The quantitative estimate of drug-likeness (QED) is 0.515. The molecule has 0 spiro atoms. The van der Waals surface area contributed by atoms with Gasteiger partial charge in [-0.25, -0.2) is 4.99 Å². The molecule has 0 aromatic carbocycles. The smallest absolute Gasteiger partial charge is 0.125 e. The molecular formula is C7H10N2. The van der Waals surface area contributed by atoms with Crippen LogP contribution in [0.25, 0.3) is 0 Å². The molecule has 9 heavy (non-hydrogen) atoms. The van der Waals surface area contributed by atoms with Crippen LogP contribution < -0.4 is 5.73 Å². The Balaban J connectivity index is 2.85. The highest BCUT2D eigenvalue weighted by molar-refractivity contribution is 5.96. The Morgan fingerprint density at radius 3 is 3.22 bits per heavy atom. The molecule has 0 saturated heterocycles. The van der Waals surface area contributed by atoms with Gasteiger partial charge in [0, 0.05) is 6.20 Å². The molecule has 2 N–H and O–H groups in total. The highest BCUT2D eigenvalue weighted by Gasteiger charge is 1.94. The van der Waals surface area contributed by atoms with Gasteiger partial charge < -0.3 is 5.73 Å². The molecule has 2 nitrogen and oxygen atoms in total. The van der Waals surface area contributed by atoms with E-state index in [2.05, 4.69) is 11.1 Å². The first kappa shape index (κ1) is 6.08. The predicted molar refractivity (Wildman–Crippen MR) is 39.1 cm³/mol. The van der Waals surface area contributed by atoms with Crippen LogP contribution in [0, 0.1) is 0 Å². The summed E-state index contributed by atoms with van der Waals surface area (Å²) >= 11 is 0. The fourth-order valence-electron chi connectivity index (χ4n) is 0.645. The van der Waals surface area contributed by atoms with Gasteiger partial charge in [-0.2, -0.15) is 0 Å². The van der Waals surface area contributed by atoms with Gasteiger partial charge in [0.1, 0.15) is 5.84 Å². The molecule has 0 aromatic rings. The molecule has 0 bridgehead atoms. The summed E-state index contributed by atoms with van der Waals surface area (Å²) in [6.45, 7) is 1.96. The molecule has 48 valence electrons. The van der Waals surface area contributed by atoms with Crippen LogP contribution in [0.2, 0.25) is 0 Å². The Morgan fingerprint density at radius 2 is 2.44 bits per heavy atom. The fraction of sp³-hybridized carbons (Fsp3) is 0.286. The fourth-order valence-corrected chi connectivity index (χ4v) is 0.645. The van der Waals surface area contributed by atoms with Gasteiger partial charge in [-0.1, -0.05) is 12.2 Å². The van der Waals surface area contributed by atoms with E-state index in [0.717, 1.165) is 12.0 Å². The number of hydrogen-bond acceptors (Lipinski definition) is 2. The molecule has 0 fully saturated rings. The van der Waals surface area contributed by atoms with Crippen LogP contribution in [0.15, 0.2) is 28.9 Å². The molecule has 1 rings (SSSR count). The highest BCUT2D eigenvalue weighted by Crippen LogP contribution is 2.00. The molecule has 0 unspecified atom stereocenters. The third-order valence-electron chi connectivity index (χ3n) is 1.28. The molecule has 0 saturated carbocycles. The van der Waals surface area contributed by atoms with Crippen molar-refractivity contribution in [2.75, 3.05) is 0 Å². The first-order valence-electron chi connectivity index (χ1n) is 2.96. The van der Waals surface area contributed by atoms with Gasteiger partial charge in [-0.3, -0.25) is 0 Å². The summed E-state index contributed by atoms with van der Waals surface area (Å²) in [6.07, 6.45) is 6.71. The summed E-state index contributed by atoms with van der Waals surface area (Å²) in [4.78, 5) is 3.95. The number of allylic oxidation sites excluding steroid dienone is 2. The van der Waals surface area contributed by atoms with Crippen molar-refractivity contribution < 1.29 is 0 Å². The van der Waals surface area contributed by atoms with Gasteiger partial charge >= 0.3 is 0 Å². The normalized spacial score (nSPS) is 18.3. The molecule has 1 heterocycles. The van der Waals surface area contributed by atoms with Crippen LogP contribution in [0.3, 0.4) is 0 Å². The number of rotatable bonds is 0. The first-order valence-corrected chi connectivity index (χ1v) is 2.96. The number of nitrogens with zero attached hydrogens (tertiary/aromatic N) is 1. The minimum Gasteiger partial charge on any atom is -0.383 e. The topological polar surface area (TPSA) is 38.4 Å². The zero-order valence-electron chi connectivity index (χ0n) is 5.46. The monoisotopic (exact) mass is 122 g/mol. The van der Waals surface area contributed by atoms with Gasteiger partial charge in [0.05, 0.1) is 0 Å². The van der Waals surface area contributed by atoms with Gasteiger partial charge in [0.25, 0.3) is 0 Å². The van der Waals surface area contributed by atoms with Crippen molar-refractivity contribution in [1.82, 2.24) is 0 Å². The molecule has 0 radical (unpaired) electrons. The molecule has 0 aromatic heterocycles. The van der Waals surface area contributed by atoms with Crippen molar-refractivity contribution in [3.63, 3.8) is 0 Å². The summed E-state index contributed by atoms with van der Waals surface area (Å²) in [6, 6.07) is 0.